The second-order valence-corrected chi connectivity index (χ2v) is 7.67. The average Bonchev–Trinajstić information content (AvgIpc) is 3.25. The van der Waals surface area contributed by atoms with Crippen LogP contribution in [0, 0.1) is 0 Å². The summed E-state index contributed by atoms with van der Waals surface area (Å²) in [5.41, 5.74) is 2.48. The van der Waals surface area contributed by atoms with Gasteiger partial charge in [-0.1, -0.05) is 35.6 Å². The highest BCUT2D eigenvalue weighted by Gasteiger charge is 2.19. The Morgan fingerprint density at radius 1 is 1.03 bits per heavy atom. The first-order valence-corrected chi connectivity index (χ1v) is 10.5. The Bertz CT molecular complexity index is 1190. The smallest absolute Gasteiger partial charge is 0.253 e. The summed E-state index contributed by atoms with van der Waals surface area (Å²) in [4.78, 5) is 23.9. The third kappa shape index (κ3) is 4.73. The molecule has 0 N–H and O–H groups in total. The lowest BCUT2D eigenvalue weighted by molar-refractivity contribution is -0.114. The van der Waals surface area contributed by atoms with E-state index in [1.807, 2.05) is 60.7 Å². The van der Waals surface area contributed by atoms with Crippen molar-refractivity contribution in [3.05, 3.63) is 84.2 Å². The molecule has 0 spiro atoms. The third-order valence-electron chi connectivity index (χ3n) is 4.65. The molecule has 0 fully saturated rings. The molecule has 0 bridgehead atoms. The van der Waals surface area contributed by atoms with Crippen LogP contribution in [0.2, 0.25) is 0 Å². The predicted octanol–water partition coefficient (Wildman–Crippen LogP) is 4.96. The van der Waals surface area contributed by atoms with Crippen molar-refractivity contribution in [1.82, 2.24) is 9.97 Å². The lowest BCUT2D eigenvalue weighted by Gasteiger charge is -2.17. The van der Waals surface area contributed by atoms with Gasteiger partial charge in [0.15, 0.2) is 16.6 Å². The van der Waals surface area contributed by atoms with Gasteiger partial charge in [-0.25, -0.2) is 4.98 Å². The molecule has 2 aromatic heterocycles. The summed E-state index contributed by atoms with van der Waals surface area (Å²) in [5.74, 6) is 1.06. The van der Waals surface area contributed by atoms with Crippen molar-refractivity contribution in [2.45, 2.75) is 6.54 Å². The Balaban J connectivity index is 1.64. The molecule has 4 aromatic rings. The van der Waals surface area contributed by atoms with Crippen LogP contribution in [-0.2, 0) is 11.3 Å². The first-order chi connectivity index (χ1) is 15.2. The van der Waals surface area contributed by atoms with Crippen molar-refractivity contribution in [3.8, 4) is 11.5 Å². The van der Waals surface area contributed by atoms with Crippen LogP contribution < -0.4 is 14.4 Å². The monoisotopic (exact) mass is 431 g/mol. The fourth-order valence-corrected chi connectivity index (χ4v) is 4.05. The number of fused-ring (bicyclic) bond motifs is 1. The number of pyridine rings is 1. The molecule has 156 valence electrons. The second-order valence-electron chi connectivity index (χ2n) is 6.66. The summed E-state index contributed by atoms with van der Waals surface area (Å²) in [7, 11) is 3.17. The van der Waals surface area contributed by atoms with Gasteiger partial charge in [0, 0.05) is 12.3 Å². The van der Waals surface area contributed by atoms with Gasteiger partial charge in [-0.3, -0.25) is 14.7 Å². The summed E-state index contributed by atoms with van der Waals surface area (Å²) in [6.45, 7) is 0.329. The van der Waals surface area contributed by atoms with Gasteiger partial charge < -0.3 is 9.47 Å². The summed E-state index contributed by atoms with van der Waals surface area (Å²) in [5, 5.41) is 0.633. The number of methoxy groups -OCH3 is 2. The van der Waals surface area contributed by atoms with E-state index >= 15 is 0 Å². The molecule has 1 amide bonds. The molecule has 2 heterocycles. The SMILES string of the molecule is COc1ccc(/C=C/C(=O)N(Cc2ccccn2)c2nc3ccccc3s2)cc1OC. The van der Waals surface area contributed by atoms with Crippen molar-refractivity contribution in [1.29, 1.82) is 0 Å². The molecule has 31 heavy (non-hydrogen) atoms. The molecule has 0 radical (unpaired) electrons. The molecule has 0 atom stereocenters. The third-order valence-corrected chi connectivity index (χ3v) is 5.71. The first-order valence-electron chi connectivity index (χ1n) is 9.65. The molecular formula is C24H21N3O3S. The zero-order valence-electron chi connectivity index (χ0n) is 17.2. The maximum absolute atomic E-state index is 13.2. The van der Waals surface area contributed by atoms with E-state index in [4.69, 9.17) is 9.47 Å². The fourth-order valence-electron chi connectivity index (χ4n) is 3.08. The van der Waals surface area contributed by atoms with Crippen LogP contribution in [-0.4, -0.2) is 30.1 Å². The van der Waals surface area contributed by atoms with E-state index < -0.39 is 0 Å². The lowest BCUT2D eigenvalue weighted by Crippen LogP contribution is -2.29. The number of carbonyl (C=O) groups is 1. The lowest BCUT2D eigenvalue weighted by atomic mass is 10.2. The highest BCUT2D eigenvalue weighted by molar-refractivity contribution is 7.22. The van der Waals surface area contributed by atoms with Crippen molar-refractivity contribution in [2.75, 3.05) is 19.1 Å². The van der Waals surface area contributed by atoms with E-state index in [0.717, 1.165) is 21.5 Å². The highest BCUT2D eigenvalue weighted by atomic mass is 32.1. The normalized spacial score (nSPS) is 11.0. The van der Waals surface area contributed by atoms with Crippen molar-refractivity contribution in [2.24, 2.45) is 0 Å². The van der Waals surface area contributed by atoms with Crippen LogP contribution in [0.15, 0.2) is 72.9 Å². The summed E-state index contributed by atoms with van der Waals surface area (Å²) in [6.07, 6.45) is 5.01. The molecule has 0 aliphatic heterocycles. The molecule has 2 aromatic carbocycles. The standard InChI is InChI=1S/C24H21N3O3S/c1-29-20-12-10-17(15-21(20)30-2)11-13-23(28)27(16-18-7-5-6-14-25-18)24-26-19-8-3-4-9-22(19)31-24/h3-15H,16H2,1-2H3/b13-11+. The number of benzene rings is 2. The van der Waals surface area contributed by atoms with Crippen molar-refractivity contribution in [3.63, 3.8) is 0 Å². The second kappa shape index (κ2) is 9.40. The summed E-state index contributed by atoms with van der Waals surface area (Å²) in [6, 6.07) is 19.0. The number of hydrogen-bond donors (Lipinski definition) is 0. The molecule has 7 heteroatoms. The minimum Gasteiger partial charge on any atom is -0.493 e. The number of thiazole rings is 1. The highest BCUT2D eigenvalue weighted by Crippen LogP contribution is 2.30. The van der Waals surface area contributed by atoms with Gasteiger partial charge in [-0.05, 0) is 48.0 Å². The van der Waals surface area contributed by atoms with Crippen LogP contribution in [0.1, 0.15) is 11.3 Å². The minimum atomic E-state index is -0.181. The van der Waals surface area contributed by atoms with E-state index in [-0.39, 0.29) is 5.91 Å². The van der Waals surface area contributed by atoms with Crippen LogP contribution >= 0.6 is 11.3 Å². The molecule has 4 rings (SSSR count). The van der Waals surface area contributed by atoms with Gasteiger partial charge in [0.05, 0.1) is 36.7 Å². The first kappa shape index (κ1) is 20.6. The number of hydrogen-bond acceptors (Lipinski definition) is 6. The number of rotatable bonds is 7. The zero-order chi connectivity index (χ0) is 21.6. The van der Waals surface area contributed by atoms with Crippen molar-refractivity contribution >= 4 is 38.7 Å². The number of ether oxygens (including phenoxy) is 2. The zero-order valence-corrected chi connectivity index (χ0v) is 18.0. The fraction of sp³-hybridized carbons (Fsp3) is 0.125. The minimum absolute atomic E-state index is 0.181. The number of carbonyl (C=O) groups excluding carboxylic acids is 1. The maximum Gasteiger partial charge on any atom is 0.253 e. The van der Waals surface area contributed by atoms with Gasteiger partial charge in [-0.15, -0.1) is 0 Å². The average molecular weight is 432 g/mol. The number of para-hydroxylation sites is 1. The van der Waals surface area contributed by atoms with Crippen molar-refractivity contribution < 1.29 is 14.3 Å². The largest absolute Gasteiger partial charge is 0.493 e. The quantitative estimate of drug-likeness (QED) is 0.387. The number of amides is 1. The molecule has 0 saturated heterocycles. The van der Waals surface area contributed by atoms with E-state index in [2.05, 4.69) is 9.97 Å². The van der Waals surface area contributed by atoms with E-state index in [1.165, 1.54) is 17.4 Å². The van der Waals surface area contributed by atoms with Crippen LogP contribution in [0.25, 0.3) is 16.3 Å². The Hall–Kier alpha value is -3.71. The van der Waals surface area contributed by atoms with Gasteiger partial charge >= 0.3 is 0 Å². The molecule has 0 saturated carbocycles. The van der Waals surface area contributed by atoms with Gasteiger partial charge in [-0.2, -0.15) is 0 Å². The number of nitrogens with zero attached hydrogens (tertiary/aromatic N) is 3. The van der Waals surface area contributed by atoms with Gasteiger partial charge in [0.2, 0.25) is 0 Å². The Labute approximate surface area is 184 Å². The van der Waals surface area contributed by atoms with Crippen LogP contribution in [0.4, 0.5) is 5.13 Å². The summed E-state index contributed by atoms with van der Waals surface area (Å²) < 4.78 is 11.6. The van der Waals surface area contributed by atoms with Crippen LogP contribution in [0.5, 0.6) is 11.5 Å². The Kier molecular flexibility index (Phi) is 6.24. The maximum atomic E-state index is 13.2. The molecule has 0 unspecified atom stereocenters. The summed E-state index contributed by atoms with van der Waals surface area (Å²) >= 11 is 1.48. The number of aromatic nitrogens is 2. The number of anilines is 1. The van der Waals surface area contributed by atoms with E-state index in [1.54, 1.807) is 31.4 Å². The van der Waals surface area contributed by atoms with Crippen LogP contribution in [0.3, 0.4) is 0 Å². The Morgan fingerprint density at radius 3 is 2.58 bits per heavy atom. The molecule has 6 nitrogen and oxygen atoms in total. The molecular weight excluding hydrogens is 410 g/mol. The Morgan fingerprint density at radius 2 is 1.84 bits per heavy atom. The predicted molar refractivity (Wildman–Crippen MR) is 124 cm³/mol. The van der Waals surface area contributed by atoms with E-state index in [0.29, 0.717) is 23.2 Å². The van der Waals surface area contributed by atoms with E-state index in [9.17, 15) is 4.79 Å². The van der Waals surface area contributed by atoms with Gasteiger partial charge in [0.1, 0.15) is 0 Å². The molecule has 0 aliphatic rings. The van der Waals surface area contributed by atoms with Gasteiger partial charge in [0.25, 0.3) is 5.91 Å². The molecule has 0 aliphatic carbocycles. The topological polar surface area (TPSA) is 64.5 Å².